The van der Waals surface area contributed by atoms with Crippen LogP contribution in [0, 0.1) is 0 Å². The molecule has 0 fully saturated rings. The van der Waals surface area contributed by atoms with Crippen molar-refractivity contribution in [2.45, 2.75) is 13.1 Å². The Labute approximate surface area is 190 Å². The van der Waals surface area contributed by atoms with Crippen LogP contribution in [0.3, 0.4) is 0 Å². The lowest BCUT2D eigenvalue weighted by Crippen LogP contribution is -2.30. The van der Waals surface area contributed by atoms with Crippen LogP contribution < -0.4 is 15.6 Å². The standard InChI is InChI=1S/C24H22N4O4S/c1-33(31,32)27-19-11-7-10-18(14-19)15-25-23(29)22-20-12-5-6-13-21(20)24(30)28(26-22)16-17-8-3-2-4-9-17/h2-14,27H,15-16H2,1H3,(H,25,29). The summed E-state index contributed by atoms with van der Waals surface area (Å²) in [6, 6.07) is 23.0. The molecule has 0 saturated heterocycles. The second-order valence-electron chi connectivity index (χ2n) is 7.60. The smallest absolute Gasteiger partial charge is 0.274 e. The van der Waals surface area contributed by atoms with Crippen molar-refractivity contribution in [3.8, 4) is 0 Å². The van der Waals surface area contributed by atoms with E-state index in [1.165, 1.54) is 4.68 Å². The topological polar surface area (TPSA) is 110 Å². The fourth-order valence-corrected chi connectivity index (χ4v) is 4.05. The van der Waals surface area contributed by atoms with Crippen molar-refractivity contribution in [2.75, 3.05) is 11.0 Å². The minimum Gasteiger partial charge on any atom is -0.347 e. The second-order valence-corrected chi connectivity index (χ2v) is 9.35. The zero-order valence-corrected chi connectivity index (χ0v) is 18.7. The predicted molar refractivity (Wildman–Crippen MR) is 128 cm³/mol. The number of sulfonamides is 1. The summed E-state index contributed by atoms with van der Waals surface area (Å²) in [4.78, 5) is 26.0. The van der Waals surface area contributed by atoms with Crippen LogP contribution in [0.5, 0.6) is 0 Å². The van der Waals surface area contributed by atoms with Gasteiger partial charge >= 0.3 is 0 Å². The van der Waals surface area contributed by atoms with Crippen LogP contribution in [0.25, 0.3) is 10.8 Å². The third-order valence-electron chi connectivity index (χ3n) is 4.94. The van der Waals surface area contributed by atoms with Gasteiger partial charge < -0.3 is 5.32 Å². The summed E-state index contributed by atoms with van der Waals surface area (Å²) in [5.74, 6) is -0.436. The van der Waals surface area contributed by atoms with Gasteiger partial charge in [-0.25, -0.2) is 13.1 Å². The molecule has 0 radical (unpaired) electrons. The Balaban J connectivity index is 1.62. The van der Waals surface area contributed by atoms with E-state index in [0.29, 0.717) is 22.0 Å². The molecule has 0 bridgehead atoms. The average molecular weight is 463 g/mol. The van der Waals surface area contributed by atoms with Crippen molar-refractivity contribution in [3.05, 3.63) is 106 Å². The first-order chi connectivity index (χ1) is 15.8. The Kier molecular flexibility index (Phi) is 6.23. The third kappa shape index (κ3) is 5.45. The summed E-state index contributed by atoms with van der Waals surface area (Å²) < 4.78 is 26.6. The highest BCUT2D eigenvalue weighted by Gasteiger charge is 2.17. The summed E-state index contributed by atoms with van der Waals surface area (Å²) in [5.41, 5.74) is 1.88. The Morgan fingerprint density at radius 3 is 2.30 bits per heavy atom. The van der Waals surface area contributed by atoms with Crippen LogP contribution in [0.2, 0.25) is 0 Å². The molecule has 4 aromatic rings. The van der Waals surface area contributed by atoms with E-state index < -0.39 is 15.9 Å². The minimum atomic E-state index is -3.41. The first-order valence-electron chi connectivity index (χ1n) is 10.2. The number of fused-ring (bicyclic) bond motifs is 1. The van der Waals surface area contributed by atoms with Gasteiger partial charge in [-0.3, -0.25) is 14.3 Å². The van der Waals surface area contributed by atoms with Crippen molar-refractivity contribution >= 4 is 32.4 Å². The van der Waals surface area contributed by atoms with Crippen LogP contribution in [0.4, 0.5) is 5.69 Å². The van der Waals surface area contributed by atoms with Gasteiger partial charge in [0.25, 0.3) is 11.5 Å². The van der Waals surface area contributed by atoms with E-state index in [1.807, 2.05) is 30.3 Å². The second kappa shape index (κ2) is 9.25. The van der Waals surface area contributed by atoms with E-state index in [0.717, 1.165) is 11.8 Å². The summed E-state index contributed by atoms with van der Waals surface area (Å²) >= 11 is 0. The molecule has 0 aliphatic heterocycles. The molecule has 0 aliphatic rings. The molecule has 168 valence electrons. The molecule has 9 heteroatoms. The minimum absolute atomic E-state index is 0.145. The Morgan fingerprint density at radius 1 is 0.909 bits per heavy atom. The lowest BCUT2D eigenvalue weighted by Gasteiger charge is -2.12. The van der Waals surface area contributed by atoms with E-state index in [4.69, 9.17) is 0 Å². The number of hydrogen-bond acceptors (Lipinski definition) is 5. The number of nitrogens with zero attached hydrogens (tertiary/aromatic N) is 2. The van der Waals surface area contributed by atoms with Crippen LogP contribution in [0.1, 0.15) is 21.6 Å². The van der Waals surface area contributed by atoms with Gasteiger partial charge in [0.2, 0.25) is 10.0 Å². The lowest BCUT2D eigenvalue weighted by atomic mass is 10.1. The maximum absolute atomic E-state index is 13.1. The first-order valence-corrected chi connectivity index (χ1v) is 12.1. The maximum Gasteiger partial charge on any atom is 0.274 e. The monoisotopic (exact) mass is 462 g/mol. The SMILES string of the molecule is CS(=O)(=O)Nc1cccc(CNC(=O)c2nn(Cc3ccccc3)c(=O)c3ccccc23)c1. The summed E-state index contributed by atoms with van der Waals surface area (Å²) in [7, 11) is -3.41. The maximum atomic E-state index is 13.1. The largest absolute Gasteiger partial charge is 0.347 e. The van der Waals surface area contributed by atoms with Gasteiger partial charge in [-0.05, 0) is 29.3 Å². The summed E-state index contributed by atoms with van der Waals surface area (Å²) in [5, 5.41) is 8.07. The zero-order valence-electron chi connectivity index (χ0n) is 17.9. The predicted octanol–water partition coefficient (Wildman–Crippen LogP) is 2.75. The lowest BCUT2D eigenvalue weighted by molar-refractivity contribution is 0.0945. The number of carbonyl (C=O) groups excluding carboxylic acids is 1. The van der Waals surface area contributed by atoms with Crippen molar-refractivity contribution in [2.24, 2.45) is 0 Å². The number of nitrogens with one attached hydrogen (secondary N) is 2. The van der Waals surface area contributed by atoms with Crippen LogP contribution >= 0.6 is 0 Å². The van der Waals surface area contributed by atoms with Gasteiger partial charge in [0.15, 0.2) is 5.69 Å². The molecule has 0 spiro atoms. The highest BCUT2D eigenvalue weighted by atomic mass is 32.2. The number of amides is 1. The van der Waals surface area contributed by atoms with E-state index >= 15 is 0 Å². The number of aromatic nitrogens is 2. The molecule has 2 N–H and O–H groups in total. The van der Waals surface area contributed by atoms with E-state index in [-0.39, 0.29) is 24.3 Å². The molecule has 0 atom stereocenters. The average Bonchev–Trinajstić information content (AvgIpc) is 2.79. The highest BCUT2D eigenvalue weighted by molar-refractivity contribution is 7.92. The number of rotatable bonds is 7. The van der Waals surface area contributed by atoms with Gasteiger partial charge in [0.1, 0.15) is 0 Å². The van der Waals surface area contributed by atoms with Crippen molar-refractivity contribution in [1.82, 2.24) is 15.1 Å². The Morgan fingerprint density at radius 2 is 1.58 bits per heavy atom. The molecular weight excluding hydrogens is 440 g/mol. The normalized spacial score (nSPS) is 11.3. The molecule has 3 aromatic carbocycles. The molecule has 1 aromatic heterocycles. The molecule has 1 heterocycles. The van der Waals surface area contributed by atoms with Gasteiger partial charge in [0, 0.05) is 17.6 Å². The Bertz CT molecular complexity index is 1480. The molecule has 33 heavy (non-hydrogen) atoms. The third-order valence-corrected chi connectivity index (χ3v) is 5.55. The number of hydrogen-bond donors (Lipinski definition) is 2. The molecule has 1 amide bonds. The fourth-order valence-electron chi connectivity index (χ4n) is 3.49. The van der Waals surface area contributed by atoms with Gasteiger partial charge in [-0.1, -0.05) is 60.7 Å². The van der Waals surface area contributed by atoms with Gasteiger partial charge in [-0.15, -0.1) is 0 Å². The van der Waals surface area contributed by atoms with Gasteiger partial charge in [0.05, 0.1) is 18.2 Å². The number of anilines is 1. The molecule has 0 saturated carbocycles. The number of benzene rings is 3. The van der Waals surface area contributed by atoms with Crippen molar-refractivity contribution in [1.29, 1.82) is 0 Å². The van der Waals surface area contributed by atoms with E-state index in [2.05, 4.69) is 15.1 Å². The van der Waals surface area contributed by atoms with Gasteiger partial charge in [-0.2, -0.15) is 5.10 Å². The summed E-state index contributed by atoms with van der Waals surface area (Å²) in [6.07, 6.45) is 1.07. The highest BCUT2D eigenvalue weighted by Crippen LogP contribution is 2.15. The Hall–Kier alpha value is -3.98. The summed E-state index contributed by atoms with van der Waals surface area (Å²) in [6.45, 7) is 0.399. The van der Waals surface area contributed by atoms with Crippen LogP contribution in [0.15, 0.2) is 83.7 Å². The van der Waals surface area contributed by atoms with Crippen molar-refractivity contribution < 1.29 is 13.2 Å². The quantitative estimate of drug-likeness (QED) is 0.439. The fraction of sp³-hybridized carbons (Fsp3) is 0.125. The molecule has 0 aliphatic carbocycles. The molecular formula is C24H22N4O4S. The van der Waals surface area contributed by atoms with Crippen LogP contribution in [-0.2, 0) is 23.1 Å². The van der Waals surface area contributed by atoms with E-state index in [1.54, 1.807) is 48.5 Å². The van der Waals surface area contributed by atoms with Crippen molar-refractivity contribution in [3.63, 3.8) is 0 Å². The van der Waals surface area contributed by atoms with Crippen LogP contribution in [-0.4, -0.2) is 30.4 Å². The first kappa shape index (κ1) is 22.2. The molecule has 8 nitrogen and oxygen atoms in total. The number of carbonyl (C=O) groups is 1. The van der Waals surface area contributed by atoms with E-state index in [9.17, 15) is 18.0 Å². The molecule has 4 rings (SSSR count). The molecule has 0 unspecified atom stereocenters. The zero-order chi connectivity index (χ0) is 23.4.